The fourth-order valence-corrected chi connectivity index (χ4v) is 3.16. The number of pyridine rings is 1. The Labute approximate surface area is 142 Å². The van der Waals surface area contributed by atoms with E-state index in [-0.39, 0.29) is 10.8 Å². The Kier molecular flexibility index (Phi) is 6.48. The van der Waals surface area contributed by atoms with Crippen LogP contribution in [-0.2, 0) is 17.4 Å². The third-order valence-electron chi connectivity index (χ3n) is 3.65. The minimum atomic E-state index is -1.11. The lowest BCUT2D eigenvalue weighted by Gasteiger charge is -2.24. The maximum atomic E-state index is 12.5. The SMILES string of the molecule is CC(C)(C)[S@](=O)NC(CCCc1ccccc1)c1ccccn1. The molecule has 0 amide bonds. The summed E-state index contributed by atoms with van der Waals surface area (Å²) in [6.07, 6.45) is 4.75. The summed E-state index contributed by atoms with van der Waals surface area (Å²) >= 11 is 0. The molecule has 0 saturated carbocycles. The summed E-state index contributed by atoms with van der Waals surface area (Å²) in [5.74, 6) is 0. The lowest BCUT2D eigenvalue weighted by molar-refractivity contribution is 0.542. The van der Waals surface area contributed by atoms with Crippen LogP contribution in [0.5, 0.6) is 0 Å². The number of aryl methyl sites for hydroxylation is 1. The number of hydrogen-bond acceptors (Lipinski definition) is 2. The van der Waals surface area contributed by atoms with Crippen LogP contribution >= 0.6 is 0 Å². The van der Waals surface area contributed by atoms with Crippen LogP contribution in [0, 0.1) is 0 Å². The summed E-state index contributed by atoms with van der Waals surface area (Å²) in [6.45, 7) is 5.95. The number of nitrogens with zero attached hydrogens (tertiary/aromatic N) is 1. The highest BCUT2D eigenvalue weighted by Gasteiger charge is 2.24. The van der Waals surface area contributed by atoms with E-state index >= 15 is 0 Å². The Morgan fingerprint density at radius 3 is 2.39 bits per heavy atom. The van der Waals surface area contributed by atoms with Crippen molar-refractivity contribution < 1.29 is 4.21 Å². The molecule has 3 nitrogen and oxygen atoms in total. The van der Waals surface area contributed by atoms with Gasteiger partial charge in [-0.2, -0.15) is 0 Å². The van der Waals surface area contributed by atoms with Gasteiger partial charge < -0.3 is 0 Å². The minimum Gasteiger partial charge on any atom is -0.260 e. The average Bonchev–Trinajstić information content (AvgIpc) is 2.54. The van der Waals surface area contributed by atoms with Crippen LogP contribution in [0.2, 0.25) is 0 Å². The van der Waals surface area contributed by atoms with Crippen LogP contribution in [0.3, 0.4) is 0 Å². The summed E-state index contributed by atoms with van der Waals surface area (Å²) in [7, 11) is -1.11. The molecule has 1 N–H and O–H groups in total. The molecule has 0 bridgehead atoms. The molecule has 2 aromatic rings. The van der Waals surface area contributed by atoms with Gasteiger partial charge in [0.25, 0.3) is 0 Å². The minimum absolute atomic E-state index is 0.0139. The van der Waals surface area contributed by atoms with E-state index in [1.165, 1.54) is 5.56 Å². The third kappa shape index (κ3) is 5.88. The van der Waals surface area contributed by atoms with Gasteiger partial charge in [0.2, 0.25) is 0 Å². The van der Waals surface area contributed by atoms with Gasteiger partial charge in [-0.15, -0.1) is 0 Å². The second-order valence-corrected chi connectivity index (χ2v) is 8.68. The normalized spacial score (nSPS) is 14.4. The Hall–Kier alpha value is -1.52. The standard InChI is InChI=1S/C19H26N2OS/c1-19(2,3)23(22)21-18(17-13-7-8-15-20-17)14-9-12-16-10-5-4-6-11-16/h4-8,10-11,13,15,18,21H,9,12,14H2,1-3H3/t18?,23-/m0/s1. The first-order valence-electron chi connectivity index (χ1n) is 8.10. The topological polar surface area (TPSA) is 42.0 Å². The maximum absolute atomic E-state index is 12.5. The fraction of sp³-hybridized carbons (Fsp3) is 0.421. The van der Waals surface area contributed by atoms with Crippen LogP contribution in [0.4, 0.5) is 0 Å². The van der Waals surface area contributed by atoms with Gasteiger partial charge in [0.05, 0.1) is 27.5 Å². The number of benzene rings is 1. The average molecular weight is 330 g/mol. The summed E-state index contributed by atoms with van der Waals surface area (Å²) < 4.78 is 15.4. The highest BCUT2D eigenvalue weighted by atomic mass is 32.2. The molecule has 0 aliphatic rings. The molecule has 1 aromatic carbocycles. The number of rotatable bonds is 7. The molecular formula is C19H26N2OS. The van der Waals surface area contributed by atoms with Crippen molar-refractivity contribution in [3.05, 3.63) is 66.0 Å². The zero-order valence-corrected chi connectivity index (χ0v) is 15.0. The fourth-order valence-electron chi connectivity index (χ4n) is 2.31. The number of hydrogen-bond donors (Lipinski definition) is 1. The third-order valence-corrected chi connectivity index (χ3v) is 5.26. The Morgan fingerprint density at radius 1 is 1.09 bits per heavy atom. The van der Waals surface area contributed by atoms with Gasteiger partial charge in [-0.05, 0) is 57.7 Å². The summed E-state index contributed by atoms with van der Waals surface area (Å²) in [6, 6.07) is 16.4. The first-order valence-corrected chi connectivity index (χ1v) is 9.25. The van der Waals surface area contributed by atoms with Gasteiger partial charge >= 0.3 is 0 Å². The van der Waals surface area contributed by atoms with E-state index in [4.69, 9.17) is 0 Å². The molecule has 0 saturated heterocycles. The number of aromatic nitrogens is 1. The van der Waals surface area contributed by atoms with Crippen molar-refractivity contribution in [2.45, 2.75) is 50.8 Å². The Balaban J connectivity index is 2.01. The molecule has 23 heavy (non-hydrogen) atoms. The maximum Gasteiger partial charge on any atom is 0.0976 e. The quantitative estimate of drug-likeness (QED) is 0.827. The van der Waals surface area contributed by atoms with E-state index in [9.17, 15) is 4.21 Å². The van der Waals surface area contributed by atoms with Crippen LogP contribution in [-0.4, -0.2) is 13.9 Å². The molecule has 1 unspecified atom stereocenters. The van der Waals surface area contributed by atoms with Crippen molar-refractivity contribution in [3.8, 4) is 0 Å². The molecule has 2 atom stereocenters. The van der Waals surface area contributed by atoms with Crippen LogP contribution < -0.4 is 4.72 Å². The first kappa shape index (κ1) is 17.8. The second kappa shape index (κ2) is 8.37. The summed E-state index contributed by atoms with van der Waals surface area (Å²) in [5, 5.41) is 0. The van der Waals surface area contributed by atoms with Gasteiger partial charge in [-0.25, -0.2) is 8.93 Å². The van der Waals surface area contributed by atoms with Crippen molar-refractivity contribution >= 4 is 11.0 Å². The summed E-state index contributed by atoms with van der Waals surface area (Å²) in [4.78, 5) is 4.44. The van der Waals surface area contributed by atoms with Gasteiger partial charge in [-0.3, -0.25) is 4.98 Å². The lowest BCUT2D eigenvalue weighted by Crippen LogP contribution is -2.36. The molecule has 2 rings (SSSR count). The molecule has 0 aliphatic carbocycles. The molecule has 1 aromatic heterocycles. The number of nitrogens with one attached hydrogen (secondary N) is 1. The highest BCUT2D eigenvalue weighted by Crippen LogP contribution is 2.21. The van der Waals surface area contributed by atoms with Crippen molar-refractivity contribution in [3.63, 3.8) is 0 Å². The molecule has 0 fully saturated rings. The smallest absolute Gasteiger partial charge is 0.0976 e. The van der Waals surface area contributed by atoms with E-state index < -0.39 is 11.0 Å². The van der Waals surface area contributed by atoms with Gasteiger partial charge in [0.15, 0.2) is 0 Å². The molecular weight excluding hydrogens is 304 g/mol. The van der Waals surface area contributed by atoms with E-state index in [2.05, 4.69) is 34.0 Å². The van der Waals surface area contributed by atoms with Crippen molar-refractivity contribution in [1.82, 2.24) is 9.71 Å². The second-order valence-electron chi connectivity index (χ2n) is 6.68. The molecule has 124 valence electrons. The first-order chi connectivity index (χ1) is 11.0. The van der Waals surface area contributed by atoms with Gasteiger partial charge in [0, 0.05) is 6.20 Å². The van der Waals surface area contributed by atoms with E-state index in [1.54, 1.807) is 6.20 Å². The van der Waals surface area contributed by atoms with Crippen molar-refractivity contribution in [2.24, 2.45) is 0 Å². The van der Waals surface area contributed by atoms with Crippen molar-refractivity contribution in [2.75, 3.05) is 0 Å². The molecule has 0 spiro atoms. The van der Waals surface area contributed by atoms with Crippen molar-refractivity contribution in [1.29, 1.82) is 0 Å². The lowest BCUT2D eigenvalue weighted by atomic mass is 10.0. The molecule has 0 aliphatic heterocycles. The zero-order valence-electron chi connectivity index (χ0n) is 14.2. The largest absolute Gasteiger partial charge is 0.260 e. The van der Waals surface area contributed by atoms with E-state index in [1.807, 2.05) is 45.0 Å². The zero-order chi connectivity index (χ0) is 16.7. The predicted molar refractivity (Wildman–Crippen MR) is 97.4 cm³/mol. The summed E-state index contributed by atoms with van der Waals surface area (Å²) in [5.41, 5.74) is 2.29. The Bertz CT molecular complexity index is 608. The Morgan fingerprint density at radius 2 is 1.78 bits per heavy atom. The molecule has 1 heterocycles. The van der Waals surface area contributed by atoms with Crippen LogP contribution in [0.15, 0.2) is 54.7 Å². The van der Waals surface area contributed by atoms with Crippen LogP contribution in [0.25, 0.3) is 0 Å². The predicted octanol–water partition coefficient (Wildman–Crippen LogP) is 4.20. The molecule has 4 heteroatoms. The highest BCUT2D eigenvalue weighted by molar-refractivity contribution is 7.84. The van der Waals surface area contributed by atoms with Gasteiger partial charge in [0.1, 0.15) is 0 Å². The van der Waals surface area contributed by atoms with E-state index in [0.29, 0.717) is 0 Å². The van der Waals surface area contributed by atoms with Gasteiger partial charge in [-0.1, -0.05) is 36.4 Å². The monoisotopic (exact) mass is 330 g/mol. The van der Waals surface area contributed by atoms with Crippen LogP contribution in [0.1, 0.15) is 50.9 Å². The molecule has 0 radical (unpaired) electrons. The van der Waals surface area contributed by atoms with E-state index in [0.717, 1.165) is 25.0 Å².